The Morgan fingerprint density at radius 1 is 1.09 bits per heavy atom. The van der Waals surface area contributed by atoms with Gasteiger partial charge in [0.1, 0.15) is 23.7 Å². The second-order valence-electron chi connectivity index (χ2n) is 12.7. The SMILES string of the molecule is CCCCN1CC=C[C@@]23O[C@H]4/C=C\CCC(=O)NC[C@H](c5ccccc5)OC(=O)[C@H]4[C@@H]2C(=O)N([C@@H](CO)CC(C)C)[C@H]3C1=O. The first kappa shape index (κ1) is 31.9. The minimum absolute atomic E-state index is 0.0841. The van der Waals surface area contributed by atoms with Gasteiger partial charge in [-0.15, -0.1) is 0 Å². The summed E-state index contributed by atoms with van der Waals surface area (Å²) in [5.41, 5.74) is -0.709. The number of benzene rings is 1. The number of nitrogens with one attached hydrogen (secondary N) is 1. The van der Waals surface area contributed by atoms with Gasteiger partial charge in [0, 0.05) is 19.5 Å². The Hall–Kier alpha value is -3.50. The second-order valence-corrected chi connectivity index (χ2v) is 12.7. The van der Waals surface area contributed by atoms with E-state index in [-0.39, 0.29) is 43.2 Å². The predicted molar refractivity (Wildman–Crippen MR) is 163 cm³/mol. The van der Waals surface area contributed by atoms with Crippen LogP contribution in [0.15, 0.2) is 54.6 Å². The molecule has 1 aromatic rings. The van der Waals surface area contributed by atoms with Crippen molar-refractivity contribution in [2.24, 2.45) is 17.8 Å². The number of fused-ring (bicyclic) bond motifs is 2. The molecule has 2 N–H and O–H groups in total. The Morgan fingerprint density at radius 2 is 1.86 bits per heavy atom. The molecule has 2 saturated heterocycles. The number of carbonyl (C=O) groups excluding carboxylic acids is 4. The van der Waals surface area contributed by atoms with E-state index in [9.17, 15) is 24.3 Å². The molecule has 238 valence electrons. The molecule has 10 heteroatoms. The number of hydrogen-bond acceptors (Lipinski definition) is 7. The molecule has 0 aliphatic carbocycles. The highest BCUT2D eigenvalue weighted by molar-refractivity contribution is 5.99. The molecule has 5 rings (SSSR count). The number of likely N-dealkylation sites (tertiary alicyclic amines) is 1. The third kappa shape index (κ3) is 6.06. The van der Waals surface area contributed by atoms with Gasteiger partial charge in [-0.25, -0.2) is 0 Å². The summed E-state index contributed by atoms with van der Waals surface area (Å²) in [6.45, 7) is 6.73. The zero-order chi connectivity index (χ0) is 31.4. The number of aliphatic hydroxyl groups is 1. The van der Waals surface area contributed by atoms with Crippen molar-refractivity contribution in [2.45, 2.75) is 82.8 Å². The van der Waals surface area contributed by atoms with Gasteiger partial charge in [0.15, 0.2) is 0 Å². The Kier molecular flexibility index (Phi) is 9.90. The molecule has 4 heterocycles. The van der Waals surface area contributed by atoms with Gasteiger partial charge in [-0.2, -0.15) is 0 Å². The lowest BCUT2D eigenvalue weighted by Crippen LogP contribution is -2.58. The molecule has 4 aliphatic rings. The average Bonchev–Trinajstić information content (AvgIpc) is 3.40. The predicted octanol–water partition coefficient (Wildman–Crippen LogP) is 2.92. The fourth-order valence-corrected chi connectivity index (χ4v) is 7.16. The number of unbranched alkanes of at least 4 members (excludes halogenated alkanes) is 1. The molecule has 3 amide bonds. The summed E-state index contributed by atoms with van der Waals surface area (Å²) in [4.78, 5) is 59.0. The number of allylic oxidation sites excluding steroid dienone is 1. The van der Waals surface area contributed by atoms with Gasteiger partial charge >= 0.3 is 5.97 Å². The Morgan fingerprint density at radius 3 is 2.57 bits per heavy atom. The van der Waals surface area contributed by atoms with Crippen LogP contribution in [0, 0.1) is 17.8 Å². The standard InChI is InChI=1S/C34H45N3O7/c1-4-5-17-36-18-11-16-34-29(31(40)37(30(34)32(36)41)24(21-38)19-22(2)3)28-25(44-34)14-9-10-15-27(39)35-20-26(43-33(28)42)23-12-7-6-8-13-23/h6-9,11-14,16,22,24-26,28-30,38H,4-5,10,15,17-21H2,1-3H3,(H,35,39)/b14-9-/t24-,25+,26-,28-,29-,30+,34-/m1/s1. The summed E-state index contributed by atoms with van der Waals surface area (Å²) >= 11 is 0. The number of ether oxygens (including phenoxy) is 2. The Bertz CT molecular complexity index is 1280. The lowest BCUT2D eigenvalue weighted by Gasteiger charge is -2.39. The number of nitrogens with zero attached hydrogens (tertiary/aromatic N) is 2. The molecule has 0 aromatic heterocycles. The summed E-state index contributed by atoms with van der Waals surface area (Å²) in [6.07, 6.45) is 8.43. The van der Waals surface area contributed by atoms with Crippen LogP contribution in [-0.4, -0.2) is 88.6 Å². The van der Waals surface area contributed by atoms with E-state index in [0.717, 1.165) is 12.8 Å². The molecule has 0 bridgehead atoms. The van der Waals surface area contributed by atoms with Crippen LogP contribution < -0.4 is 5.32 Å². The van der Waals surface area contributed by atoms with Crippen LogP contribution in [0.3, 0.4) is 0 Å². The molecular formula is C34H45N3O7. The highest BCUT2D eigenvalue weighted by Gasteiger charge is 2.72. The maximum Gasteiger partial charge on any atom is 0.313 e. The van der Waals surface area contributed by atoms with Crippen molar-refractivity contribution in [2.75, 3.05) is 26.2 Å². The third-order valence-corrected chi connectivity index (χ3v) is 9.19. The van der Waals surface area contributed by atoms with Crippen molar-refractivity contribution in [1.82, 2.24) is 15.1 Å². The van der Waals surface area contributed by atoms with Gasteiger partial charge in [-0.05, 0) is 30.7 Å². The van der Waals surface area contributed by atoms with Gasteiger partial charge in [0.05, 0.1) is 31.2 Å². The summed E-state index contributed by atoms with van der Waals surface area (Å²) in [6, 6.07) is 7.52. The average molecular weight is 608 g/mol. The van der Waals surface area contributed by atoms with E-state index in [1.807, 2.05) is 50.3 Å². The highest BCUT2D eigenvalue weighted by atomic mass is 16.6. The maximum absolute atomic E-state index is 14.6. The molecule has 0 unspecified atom stereocenters. The van der Waals surface area contributed by atoms with Crippen molar-refractivity contribution < 1.29 is 33.8 Å². The molecule has 0 saturated carbocycles. The molecule has 0 radical (unpaired) electrons. The van der Waals surface area contributed by atoms with E-state index in [1.54, 1.807) is 23.1 Å². The number of esters is 1. The van der Waals surface area contributed by atoms with Crippen molar-refractivity contribution in [3.8, 4) is 0 Å². The van der Waals surface area contributed by atoms with Crippen LogP contribution in [0.4, 0.5) is 0 Å². The first-order valence-electron chi connectivity index (χ1n) is 16.0. The minimum atomic E-state index is -1.42. The number of hydrogen-bond donors (Lipinski definition) is 2. The van der Waals surface area contributed by atoms with Crippen molar-refractivity contribution in [3.63, 3.8) is 0 Å². The van der Waals surface area contributed by atoms with E-state index >= 15 is 0 Å². The van der Waals surface area contributed by atoms with E-state index < -0.39 is 47.7 Å². The summed E-state index contributed by atoms with van der Waals surface area (Å²) in [7, 11) is 0. The van der Waals surface area contributed by atoms with Gasteiger partial charge in [0.25, 0.3) is 0 Å². The summed E-state index contributed by atoms with van der Waals surface area (Å²) < 4.78 is 12.9. The van der Waals surface area contributed by atoms with Crippen molar-refractivity contribution >= 4 is 23.7 Å². The fraction of sp³-hybridized carbons (Fsp3) is 0.588. The lowest BCUT2D eigenvalue weighted by atomic mass is 9.78. The molecule has 44 heavy (non-hydrogen) atoms. The zero-order valence-corrected chi connectivity index (χ0v) is 25.9. The monoisotopic (exact) mass is 607 g/mol. The highest BCUT2D eigenvalue weighted by Crippen LogP contribution is 2.54. The number of rotatable bonds is 8. The Labute approximate surface area is 259 Å². The topological polar surface area (TPSA) is 125 Å². The van der Waals surface area contributed by atoms with Gasteiger partial charge in [-0.1, -0.05) is 81.8 Å². The zero-order valence-electron chi connectivity index (χ0n) is 25.9. The van der Waals surface area contributed by atoms with Crippen molar-refractivity contribution in [3.05, 3.63) is 60.2 Å². The van der Waals surface area contributed by atoms with Crippen LogP contribution in [0.1, 0.15) is 64.5 Å². The van der Waals surface area contributed by atoms with E-state index in [1.165, 1.54) is 4.90 Å². The summed E-state index contributed by atoms with van der Waals surface area (Å²) in [5, 5.41) is 13.4. The molecular weight excluding hydrogens is 562 g/mol. The third-order valence-electron chi connectivity index (χ3n) is 9.19. The number of cyclic esters (lactones) is 1. The summed E-state index contributed by atoms with van der Waals surface area (Å²) in [5.74, 6) is -3.35. The van der Waals surface area contributed by atoms with E-state index in [4.69, 9.17) is 9.47 Å². The van der Waals surface area contributed by atoms with Gasteiger partial charge in [0.2, 0.25) is 17.7 Å². The molecule has 2 fully saturated rings. The first-order valence-corrected chi connectivity index (χ1v) is 16.0. The minimum Gasteiger partial charge on any atom is -0.455 e. The smallest absolute Gasteiger partial charge is 0.313 e. The van der Waals surface area contributed by atoms with E-state index in [2.05, 4.69) is 12.2 Å². The maximum atomic E-state index is 14.6. The Balaban J connectivity index is 1.60. The van der Waals surface area contributed by atoms with Crippen LogP contribution >= 0.6 is 0 Å². The van der Waals surface area contributed by atoms with Crippen LogP contribution in [0.2, 0.25) is 0 Å². The van der Waals surface area contributed by atoms with E-state index in [0.29, 0.717) is 31.5 Å². The molecule has 1 spiro atoms. The molecule has 1 aromatic carbocycles. The van der Waals surface area contributed by atoms with Crippen LogP contribution in [0.5, 0.6) is 0 Å². The molecule has 10 nitrogen and oxygen atoms in total. The first-order chi connectivity index (χ1) is 21.2. The number of aliphatic hydroxyl groups excluding tert-OH is 1. The number of carbonyl (C=O) groups is 4. The quantitative estimate of drug-likeness (QED) is 0.344. The normalized spacial score (nSPS) is 32.2. The fourth-order valence-electron chi connectivity index (χ4n) is 7.16. The van der Waals surface area contributed by atoms with Crippen LogP contribution in [0.25, 0.3) is 0 Å². The van der Waals surface area contributed by atoms with Gasteiger partial charge in [-0.3, -0.25) is 19.2 Å². The molecule has 7 atom stereocenters. The largest absolute Gasteiger partial charge is 0.455 e. The van der Waals surface area contributed by atoms with Crippen molar-refractivity contribution in [1.29, 1.82) is 0 Å². The van der Waals surface area contributed by atoms with Crippen LogP contribution in [-0.2, 0) is 28.7 Å². The molecule has 4 aliphatic heterocycles. The second kappa shape index (κ2) is 13.6. The lowest BCUT2D eigenvalue weighted by molar-refractivity contribution is -0.161. The van der Waals surface area contributed by atoms with Gasteiger partial charge < -0.3 is 29.7 Å². The number of amides is 3.